The molecule has 0 spiro atoms. The molecule has 2 amide bonds. The van der Waals surface area contributed by atoms with E-state index < -0.39 is 0 Å². The van der Waals surface area contributed by atoms with E-state index in [9.17, 15) is 14.4 Å². The Morgan fingerprint density at radius 1 is 1.05 bits per heavy atom. The number of hydrogen-bond acceptors (Lipinski definition) is 4. The van der Waals surface area contributed by atoms with E-state index in [1.165, 1.54) is 0 Å². The van der Waals surface area contributed by atoms with Crippen molar-refractivity contribution in [3.8, 4) is 0 Å². The summed E-state index contributed by atoms with van der Waals surface area (Å²) in [5.74, 6) is -0.0601. The van der Waals surface area contributed by atoms with Gasteiger partial charge in [-0.2, -0.15) is 0 Å². The van der Waals surface area contributed by atoms with E-state index in [1.807, 2.05) is 18.2 Å². The molecule has 0 saturated carbocycles. The lowest BCUT2D eigenvalue weighted by molar-refractivity contribution is -0.131. The molecule has 0 unspecified atom stereocenters. The van der Waals surface area contributed by atoms with Gasteiger partial charge >= 0.3 is 0 Å². The predicted molar refractivity (Wildman–Crippen MR) is 81.6 cm³/mol. The van der Waals surface area contributed by atoms with Crippen molar-refractivity contribution >= 4 is 55.4 Å². The molecule has 2 aliphatic heterocycles. The van der Waals surface area contributed by atoms with Crippen molar-refractivity contribution in [3.63, 3.8) is 0 Å². The summed E-state index contributed by atoms with van der Waals surface area (Å²) in [6, 6.07) is 5.73. The van der Waals surface area contributed by atoms with Gasteiger partial charge in [-0.3, -0.25) is 14.4 Å². The monoisotopic (exact) mass is 402 g/mol. The fourth-order valence-corrected chi connectivity index (χ4v) is 2.61. The molecule has 0 aromatic heterocycles. The van der Waals surface area contributed by atoms with Gasteiger partial charge in [0.2, 0.25) is 11.8 Å². The molecule has 1 saturated heterocycles. The highest BCUT2D eigenvalue weighted by molar-refractivity contribution is 9.10. The highest BCUT2D eigenvalue weighted by Gasteiger charge is 2.26. The summed E-state index contributed by atoms with van der Waals surface area (Å²) in [5, 5.41) is 3.18. The summed E-state index contributed by atoms with van der Waals surface area (Å²) < 4.78 is 1.94. The van der Waals surface area contributed by atoms with E-state index in [1.54, 1.807) is 0 Å². The number of halogens is 2. The van der Waals surface area contributed by atoms with Gasteiger partial charge in [0.25, 0.3) is 0 Å². The molecule has 0 bridgehead atoms. The van der Waals surface area contributed by atoms with Gasteiger partial charge < -0.3 is 5.32 Å². The third-order valence-electron chi connectivity index (χ3n) is 2.94. The fourth-order valence-electron chi connectivity index (χ4n) is 1.90. The largest absolute Gasteiger partial charge is 0.384 e. The maximum atomic E-state index is 11.4. The first-order chi connectivity index (χ1) is 9.49. The van der Waals surface area contributed by atoms with Crippen LogP contribution in [0.5, 0.6) is 0 Å². The number of rotatable bonds is 0. The number of fused-ring (bicyclic) bond motifs is 1. The zero-order chi connectivity index (χ0) is 14.7. The van der Waals surface area contributed by atoms with Crippen molar-refractivity contribution in [2.75, 3.05) is 11.9 Å². The van der Waals surface area contributed by atoms with Crippen LogP contribution < -0.4 is 5.32 Å². The Morgan fingerprint density at radius 2 is 1.70 bits per heavy atom. The lowest BCUT2D eigenvalue weighted by Gasteiger charge is -2.16. The fraction of sp³-hybridized carbons (Fsp3) is 0.308. The number of benzene rings is 1. The average Bonchev–Trinajstić information content (AvgIpc) is 2.72. The van der Waals surface area contributed by atoms with Gasteiger partial charge in [-0.1, -0.05) is 15.9 Å². The van der Waals surface area contributed by atoms with Crippen LogP contribution in [0.2, 0.25) is 0 Å². The molecule has 7 heteroatoms. The second kappa shape index (κ2) is 6.49. The van der Waals surface area contributed by atoms with Gasteiger partial charge in [-0.05, 0) is 18.2 Å². The van der Waals surface area contributed by atoms with Crippen LogP contribution in [0.15, 0.2) is 22.7 Å². The third-order valence-corrected chi connectivity index (χ3v) is 4.22. The number of nitrogens with one attached hydrogen (secondary N) is 1. The molecular weight excluding hydrogens is 392 g/mol. The van der Waals surface area contributed by atoms with E-state index >= 15 is 0 Å². The van der Waals surface area contributed by atoms with Crippen molar-refractivity contribution in [2.45, 2.75) is 19.3 Å². The average molecular weight is 404 g/mol. The minimum atomic E-state index is -0.144. The van der Waals surface area contributed by atoms with Crippen molar-refractivity contribution in [2.24, 2.45) is 0 Å². The Hall–Kier alpha value is -1.21. The molecule has 20 heavy (non-hydrogen) atoms. The highest BCUT2D eigenvalue weighted by atomic mass is 79.9. The summed E-state index contributed by atoms with van der Waals surface area (Å²) in [6.45, 7) is 0.757. The maximum absolute atomic E-state index is 11.4. The molecule has 1 aromatic carbocycles. The summed E-state index contributed by atoms with van der Waals surface area (Å²) in [7, 11) is 0. The Bertz CT molecular complexity index is 559. The summed E-state index contributed by atoms with van der Waals surface area (Å²) in [6.07, 6.45) is 1.30. The summed E-state index contributed by atoms with van der Waals surface area (Å²) in [5.41, 5.74) is 1.75. The Labute approximate surface area is 133 Å². The van der Waals surface area contributed by atoms with Gasteiger partial charge in [-0.15, -0.1) is 0 Å². The van der Waals surface area contributed by atoms with Gasteiger partial charge in [0.15, 0.2) is 5.78 Å². The van der Waals surface area contributed by atoms with Crippen LogP contribution in [-0.4, -0.2) is 28.1 Å². The molecule has 0 aliphatic carbocycles. The van der Waals surface area contributed by atoms with Crippen LogP contribution in [-0.2, 0) is 9.59 Å². The van der Waals surface area contributed by atoms with Crippen molar-refractivity contribution in [3.05, 3.63) is 28.2 Å². The number of amides is 2. The van der Waals surface area contributed by atoms with Crippen LogP contribution in [0.1, 0.15) is 29.6 Å². The second-order valence-corrected chi connectivity index (χ2v) is 5.98. The Balaban J connectivity index is 0.000000160. The molecule has 1 aromatic rings. The smallest absolute Gasteiger partial charge is 0.239 e. The van der Waals surface area contributed by atoms with Gasteiger partial charge in [0.05, 0.1) is 16.1 Å². The number of nitrogens with zero attached hydrogens (tertiary/aromatic N) is 1. The number of imide groups is 1. The molecule has 0 atom stereocenters. The highest BCUT2D eigenvalue weighted by Crippen LogP contribution is 2.25. The SMILES string of the molecule is O=C1CCC(=O)N1Br.O=C1CCNc2ccc(Br)cc21. The number of ketones is 1. The predicted octanol–water partition coefficient (Wildman–Crippen LogP) is 2.89. The number of carbonyl (C=O) groups excluding carboxylic acids is 3. The Morgan fingerprint density at radius 3 is 2.25 bits per heavy atom. The first kappa shape index (κ1) is 15.2. The lowest BCUT2D eigenvalue weighted by atomic mass is 10.0. The molecule has 5 nitrogen and oxygen atoms in total. The van der Waals surface area contributed by atoms with E-state index in [-0.39, 0.29) is 17.6 Å². The first-order valence-corrected chi connectivity index (χ1v) is 7.57. The van der Waals surface area contributed by atoms with E-state index in [2.05, 4.69) is 37.4 Å². The van der Waals surface area contributed by atoms with Gasteiger partial charge in [0.1, 0.15) is 0 Å². The topological polar surface area (TPSA) is 66.5 Å². The second-order valence-electron chi connectivity index (χ2n) is 4.36. The van der Waals surface area contributed by atoms with Gasteiger partial charge in [0, 0.05) is 41.5 Å². The van der Waals surface area contributed by atoms with Crippen molar-refractivity contribution in [1.82, 2.24) is 3.93 Å². The quantitative estimate of drug-likeness (QED) is 0.534. The molecular formula is C13H12Br2N2O3. The van der Waals surface area contributed by atoms with Gasteiger partial charge in [-0.25, -0.2) is 3.93 Å². The molecule has 3 rings (SSSR count). The maximum Gasteiger partial charge on any atom is 0.239 e. The molecule has 2 aliphatic rings. The molecule has 1 N–H and O–H groups in total. The standard InChI is InChI=1S/C9H8BrNO.C4H4BrNO2/c10-6-1-2-8-7(5-6)9(12)3-4-11-8;5-6-3(7)1-2-4(6)8/h1-2,5,11H,3-4H2;1-2H2. The van der Waals surface area contributed by atoms with Crippen molar-refractivity contribution in [1.29, 1.82) is 0 Å². The van der Waals surface area contributed by atoms with Crippen LogP contribution in [0, 0.1) is 0 Å². The minimum Gasteiger partial charge on any atom is -0.384 e. The zero-order valence-corrected chi connectivity index (χ0v) is 13.7. The number of anilines is 1. The van der Waals surface area contributed by atoms with Crippen LogP contribution in [0.4, 0.5) is 5.69 Å². The third kappa shape index (κ3) is 3.46. The number of Topliss-reactive ketones (excluding diaryl/α,β-unsaturated/α-hetero) is 1. The minimum absolute atomic E-state index is 0.144. The molecule has 2 heterocycles. The lowest BCUT2D eigenvalue weighted by Crippen LogP contribution is -2.17. The Kier molecular flexibility index (Phi) is 4.93. The summed E-state index contributed by atoms with van der Waals surface area (Å²) >= 11 is 6.14. The van der Waals surface area contributed by atoms with E-state index in [0.29, 0.717) is 19.3 Å². The van der Waals surface area contributed by atoms with Crippen molar-refractivity contribution < 1.29 is 14.4 Å². The number of hydrogen-bond donors (Lipinski definition) is 1. The van der Waals surface area contributed by atoms with Crippen LogP contribution in [0.25, 0.3) is 0 Å². The van der Waals surface area contributed by atoms with E-state index in [0.717, 1.165) is 26.2 Å². The molecule has 1 fully saturated rings. The van der Waals surface area contributed by atoms with Crippen LogP contribution >= 0.6 is 32.1 Å². The molecule has 0 radical (unpaired) electrons. The van der Waals surface area contributed by atoms with E-state index in [4.69, 9.17) is 0 Å². The first-order valence-electron chi connectivity index (χ1n) is 6.07. The van der Waals surface area contributed by atoms with Crippen LogP contribution in [0.3, 0.4) is 0 Å². The number of carbonyl (C=O) groups is 3. The molecule has 106 valence electrons. The summed E-state index contributed by atoms with van der Waals surface area (Å²) in [4.78, 5) is 32.3. The normalized spacial score (nSPS) is 17.3. The zero-order valence-electron chi connectivity index (χ0n) is 10.5.